The SMILES string of the molecule is COCCn1c(C)cnc1CC1CCN(C(=O)NCc2ccc(OC)cc2)C1. The molecule has 1 saturated heterocycles. The molecule has 1 aromatic heterocycles. The lowest BCUT2D eigenvalue weighted by Gasteiger charge is -2.18. The van der Waals surface area contributed by atoms with Crippen LogP contribution in [0.1, 0.15) is 23.5 Å². The first-order valence-corrected chi connectivity index (χ1v) is 9.76. The average Bonchev–Trinajstić information content (AvgIpc) is 3.32. The van der Waals surface area contributed by atoms with E-state index in [1.165, 1.54) is 0 Å². The minimum Gasteiger partial charge on any atom is -0.497 e. The van der Waals surface area contributed by atoms with Crippen LogP contribution in [-0.4, -0.2) is 54.4 Å². The fraction of sp³-hybridized carbons (Fsp3) is 0.524. The number of rotatable bonds is 8. The second kappa shape index (κ2) is 9.59. The third-order valence-corrected chi connectivity index (χ3v) is 5.30. The van der Waals surface area contributed by atoms with E-state index in [9.17, 15) is 4.79 Å². The fourth-order valence-electron chi connectivity index (χ4n) is 3.64. The molecule has 1 N–H and O–H groups in total. The van der Waals surface area contributed by atoms with Crippen molar-refractivity contribution in [3.05, 3.63) is 47.5 Å². The lowest BCUT2D eigenvalue weighted by molar-refractivity contribution is 0.185. The second-order valence-electron chi connectivity index (χ2n) is 7.27. The molecule has 0 spiro atoms. The number of nitrogens with one attached hydrogen (secondary N) is 1. The van der Waals surface area contributed by atoms with Crippen LogP contribution in [0.3, 0.4) is 0 Å². The topological polar surface area (TPSA) is 68.6 Å². The van der Waals surface area contributed by atoms with Crippen molar-refractivity contribution in [3.63, 3.8) is 0 Å². The summed E-state index contributed by atoms with van der Waals surface area (Å²) in [5.41, 5.74) is 2.21. The molecule has 1 aliphatic rings. The third-order valence-electron chi connectivity index (χ3n) is 5.30. The molecule has 2 amide bonds. The number of urea groups is 1. The van der Waals surface area contributed by atoms with Crippen LogP contribution in [0.2, 0.25) is 0 Å². The van der Waals surface area contributed by atoms with Crippen LogP contribution in [0.15, 0.2) is 30.5 Å². The summed E-state index contributed by atoms with van der Waals surface area (Å²) in [4.78, 5) is 19.0. The van der Waals surface area contributed by atoms with Crippen molar-refractivity contribution in [2.24, 2.45) is 5.92 Å². The van der Waals surface area contributed by atoms with Gasteiger partial charge in [0.2, 0.25) is 0 Å². The zero-order chi connectivity index (χ0) is 19.9. The predicted molar refractivity (Wildman–Crippen MR) is 107 cm³/mol. The fourth-order valence-corrected chi connectivity index (χ4v) is 3.64. The van der Waals surface area contributed by atoms with Crippen molar-refractivity contribution in [1.82, 2.24) is 19.8 Å². The van der Waals surface area contributed by atoms with Gasteiger partial charge in [0.15, 0.2) is 0 Å². The Kier molecular flexibility index (Phi) is 6.92. The minimum absolute atomic E-state index is 0.00257. The molecule has 7 heteroatoms. The maximum absolute atomic E-state index is 12.5. The number of aryl methyl sites for hydroxylation is 1. The van der Waals surface area contributed by atoms with Crippen LogP contribution < -0.4 is 10.1 Å². The van der Waals surface area contributed by atoms with Crippen LogP contribution in [-0.2, 0) is 24.2 Å². The smallest absolute Gasteiger partial charge is 0.317 e. The van der Waals surface area contributed by atoms with Gasteiger partial charge in [-0.1, -0.05) is 12.1 Å². The van der Waals surface area contributed by atoms with E-state index in [1.807, 2.05) is 35.4 Å². The number of ether oxygens (including phenoxy) is 2. The largest absolute Gasteiger partial charge is 0.497 e. The van der Waals surface area contributed by atoms with Crippen molar-refractivity contribution < 1.29 is 14.3 Å². The van der Waals surface area contributed by atoms with Gasteiger partial charge in [-0.25, -0.2) is 9.78 Å². The summed E-state index contributed by atoms with van der Waals surface area (Å²) >= 11 is 0. The molecule has 0 radical (unpaired) electrons. The van der Waals surface area contributed by atoms with Gasteiger partial charge in [0.05, 0.1) is 13.7 Å². The Morgan fingerprint density at radius 3 is 2.79 bits per heavy atom. The molecule has 1 aromatic carbocycles. The summed E-state index contributed by atoms with van der Waals surface area (Å²) in [5, 5.41) is 3.01. The number of hydrogen-bond donors (Lipinski definition) is 1. The summed E-state index contributed by atoms with van der Waals surface area (Å²) in [7, 11) is 3.36. The molecule has 1 fully saturated rings. The van der Waals surface area contributed by atoms with Crippen LogP contribution in [0.25, 0.3) is 0 Å². The van der Waals surface area contributed by atoms with Crippen LogP contribution in [0, 0.1) is 12.8 Å². The summed E-state index contributed by atoms with van der Waals surface area (Å²) < 4.78 is 12.6. The van der Waals surface area contributed by atoms with Crippen molar-refractivity contribution in [3.8, 4) is 5.75 Å². The first kappa shape index (κ1) is 20.2. The van der Waals surface area contributed by atoms with Gasteiger partial charge in [-0.2, -0.15) is 0 Å². The number of hydrogen-bond acceptors (Lipinski definition) is 4. The highest BCUT2D eigenvalue weighted by Crippen LogP contribution is 2.21. The normalized spacial score (nSPS) is 16.4. The lowest BCUT2D eigenvalue weighted by Crippen LogP contribution is -2.38. The summed E-state index contributed by atoms with van der Waals surface area (Å²) in [6, 6.07) is 7.74. The van der Waals surface area contributed by atoms with Gasteiger partial charge in [-0.3, -0.25) is 0 Å². The lowest BCUT2D eigenvalue weighted by atomic mass is 10.0. The van der Waals surface area contributed by atoms with Gasteiger partial charge in [-0.05, 0) is 37.0 Å². The van der Waals surface area contributed by atoms with Gasteiger partial charge < -0.3 is 24.3 Å². The Balaban J connectivity index is 1.48. The summed E-state index contributed by atoms with van der Waals surface area (Å²) in [5.74, 6) is 2.34. The monoisotopic (exact) mass is 386 g/mol. The number of carbonyl (C=O) groups excluding carboxylic acids is 1. The first-order chi connectivity index (χ1) is 13.6. The molecule has 1 aliphatic heterocycles. The van der Waals surface area contributed by atoms with E-state index in [4.69, 9.17) is 9.47 Å². The number of aromatic nitrogens is 2. The molecule has 1 atom stereocenters. The average molecular weight is 386 g/mol. The highest BCUT2D eigenvalue weighted by molar-refractivity contribution is 5.74. The van der Waals surface area contributed by atoms with Crippen molar-refractivity contribution >= 4 is 6.03 Å². The van der Waals surface area contributed by atoms with Gasteiger partial charge in [-0.15, -0.1) is 0 Å². The standard InChI is InChI=1S/C21H30N4O3/c1-16-13-22-20(25(16)10-11-27-2)12-18-8-9-24(15-18)21(26)23-14-17-4-6-19(28-3)7-5-17/h4-7,13,18H,8-12,14-15H2,1-3H3,(H,23,26). The van der Waals surface area contributed by atoms with Crippen LogP contribution in [0.4, 0.5) is 4.79 Å². The molecule has 152 valence electrons. The molecule has 0 saturated carbocycles. The second-order valence-corrected chi connectivity index (χ2v) is 7.27. The molecule has 28 heavy (non-hydrogen) atoms. The number of benzene rings is 1. The Morgan fingerprint density at radius 2 is 2.07 bits per heavy atom. The molecule has 0 aliphatic carbocycles. The Labute approximate surface area is 166 Å². The molecule has 2 aromatic rings. The summed E-state index contributed by atoms with van der Waals surface area (Å²) in [6.07, 6.45) is 3.81. The molecule has 3 rings (SSSR count). The van der Waals surface area contributed by atoms with Gasteiger partial charge in [0.25, 0.3) is 0 Å². The summed E-state index contributed by atoms with van der Waals surface area (Å²) in [6.45, 7) is 5.64. The van der Waals surface area contributed by atoms with E-state index >= 15 is 0 Å². The zero-order valence-corrected chi connectivity index (χ0v) is 17.0. The maximum Gasteiger partial charge on any atom is 0.317 e. The number of amides is 2. The van der Waals surface area contributed by atoms with Crippen molar-refractivity contribution in [2.75, 3.05) is 33.9 Å². The van der Waals surface area contributed by atoms with E-state index in [0.717, 1.165) is 55.3 Å². The molecular weight excluding hydrogens is 356 g/mol. The van der Waals surface area contributed by atoms with Crippen LogP contribution in [0.5, 0.6) is 5.75 Å². The van der Waals surface area contributed by atoms with Crippen molar-refractivity contribution in [2.45, 2.75) is 32.9 Å². The van der Waals surface area contributed by atoms with Gasteiger partial charge >= 0.3 is 6.03 Å². The van der Waals surface area contributed by atoms with E-state index < -0.39 is 0 Å². The highest BCUT2D eigenvalue weighted by Gasteiger charge is 2.27. The zero-order valence-electron chi connectivity index (χ0n) is 17.0. The van der Waals surface area contributed by atoms with E-state index in [1.54, 1.807) is 14.2 Å². The highest BCUT2D eigenvalue weighted by atomic mass is 16.5. The molecule has 7 nitrogen and oxygen atoms in total. The number of imidazole rings is 1. The van der Waals surface area contributed by atoms with Crippen molar-refractivity contribution in [1.29, 1.82) is 0 Å². The van der Waals surface area contributed by atoms with E-state index in [2.05, 4.69) is 21.8 Å². The Morgan fingerprint density at radius 1 is 1.29 bits per heavy atom. The molecule has 2 heterocycles. The number of carbonyl (C=O) groups is 1. The third kappa shape index (κ3) is 5.04. The van der Waals surface area contributed by atoms with E-state index in [-0.39, 0.29) is 6.03 Å². The van der Waals surface area contributed by atoms with Gasteiger partial charge in [0, 0.05) is 51.6 Å². The number of methoxy groups -OCH3 is 2. The molecule has 0 bridgehead atoms. The Bertz CT molecular complexity index is 772. The minimum atomic E-state index is -0.00257. The van der Waals surface area contributed by atoms with Crippen LogP contribution >= 0.6 is 0 Å². The number of likely N-dealkylation sites (tertiary alicyclic amines) is 1. The van der Waals surface area contributed by atoms with Gasteiger partial charge in [0.1, 0.15) is 11.6 Å². The Hall–Kier alpha value is -2.54. The maximum atomic E-state index is 12.5. The number of nitrogens with zero attached hydrogens (tertiary/aromatic N) is 3. The molecule has 1 unspecified atom stereocenters. The van der Waals surface area contributed by atoms with E-state index in [0.29, 0.717) is 19.1 Å². The first-order valence-electron chi connectivity index (χ1n) is 9.76. The quantitative estimate of drug-likeness (QED) is 0.757. The molecular formula is C21H30N4O3. The predicted octanol–water partition coefficient (Wildman–Crippen LogP) is 2.62.